The molecular formula is C15H15ClN2O3S. The number of halogens is 1. The predicted molar refractivity (Wildman–Crippen MR) is 85.9 cm³/mol. The lowest BCUT2D eigenvalue weighted by Crippen LogP contribution is -2.41. The molecule has 0 aliphatic carbocycles. The van der Waals surface area contributed by atoms with E-state index < -0.39 is 9.84 Å². The molecule has 0 bridgehead atoms. The van der Waals surface area contributed by atoms with Crippen LogP contribution in [0, 0.1) is 0 Å². The van der Waals surface area contributed by atoms with Crippen molar-refractivity contribution in [3.63, 3.8) is 0 Å². The highest BCUT2D eigenvalue weighted by Crippen LogP contribution is 2.18. The first-order chi connectivity index (χ1) is 10.4. The van der Waals surface area contributed by atoms with Crippen molar-refractivity contribution in [2.75, 3.05) is 11.5 Å². The van der Waals surface area contributed by atoms with E-state index in [0.717, 1.165) is 5.39 Å². The van der Waals surface area contributed by atoms with Crippen molar-refractivity contribution in [2.45, 2.75) is 18.9 Å². The van der Waals surface area contributed by atoms with Gasteiger partial charge in [0.2, 0.25) is 0 Å². The Labute approximate surface area is 133 Å². The number of fused-ring (bicyclic) bond motifs is 1. The Morgan fingerprint density at radius 3 is 2.59 bits per heavy atom. The minimum absolute atomic E-state index is 0.118. The van der Waals surface area contributed by atoms with E-state index in [9.17, 15) is 13.2 Å². The number of hydrogen-bond acceptors (Lipinski definition) is 4. The Hall–Kier alpha value is -1.66. The van der Waals surface area contributed by atoms with Crippen LogP contribution >= 0.6 is 11.6 Å². The largest absolute Gasteiger partial charge is 0.348 e. The van der Waals surface area contributed by atoms with Crippen molar-refractivity contribution in [3.05, 3.63) is 41.0 Å². The van der Waals surface area contributed by atoms with Gasteiger partial charge in [0.05, 0.1) is 17.0 Å². The van der Waals surface area contributed by atoms with Gasteiger partial charge in [0, 0.05) is 16.5 Å². The number of rotatable bonds is 2. The molecule has 0 spiro atoms. The van der Waals surface area contributed by atoms with E-state index in [1.54, 1.807) is 18.2 Å². The fraction of sp³-hybridized carbons (Fsp3) is 0.333. The zero-order valence-electron chi connectivity index (χ0n) is 11.8. The zero-order chi connectivity index (χ0) is 15.7. The van der Waals surface area contributed by atoms with E-state index in [1.807, 2.05) is 12.1 Å². The maximum Gasteiger partial charge on any atom is 0.270 e. The third-order valence-corrected chi connectivity index (χ3v) is 5.73. The number of nitrogens with zero attached hydrogens (tertiary/aromatic N) is 1. The highest BCUT2D eigenvalue weighted by molar-refractivity contribution is 7.91. The van der Waals surface area contributed by atoms with Crippen molar-refractivity contribution >= 4 is 38.2 Å². The van der Waals surface area contributed by atoms with E-state index >= 15 is 0 Å². The van der Waals surface area contributed by atoms with Crippen LogP contribution in [0.3, 0.4) is 0 Å². The molecule has 0 radical (unpaired) electrons. The van der Waals surface area contributed by atoms with Crippen LogP contribution in [0.5, 0.6) is 0 Å². The highest BCUT2D eigenvalue weighted by atomic mass is 35.5. The fourth-order valence-corrected chi connectivity index (χ4v) is 4.17. The average molecular weight is 339 g/mol. The van der Waals surface area contributed by atoms with Crippen molar-refractivity contribution in [1.82, 2.24) is 10.3 Å². The van der Waals surface area contributed by atoms with Crippen LogP contribution in [0.2, 0.25) is 5.02 Å². The fourth-order valence-electron chi connectivity index (χ4n) is 2.51. The van der Waals surface area contributed by atoms with Crippen LogP contribution in [0.25, 0.3) is 10.9 Å². The second-order valence-electron chi connectivity index (χ2n) is 5.43. The number of nitrogens with one attached hydrogen (secondary N) is 1. The third kappa shape index (κ3) is 3.39. The normalized spacial score (nSPS) is 18.2. The number of pyridine rings is 1. The quantitative estimate of drug-likeness (QED) is 0.910. The maximum absolute atomic E-state index is 12.2. The van der Waals surface area contributed by atoms with Crippen LogP contribution in [0.1, 0.15) is 23.3 Å². The van der Waals surface area contributed by atoms with E-state index in [2.05, 4.69) is 10.3 Å². The lowest BCUT2D eigenvalue weighted by molar-refractivity contribution is 0.0929. The molecule has 2 heterocycles. The Morgan fingerprint density at radius 1 is 1.18 bits per heavy atom. The molecule has 7 heteroatoms. The lowest BCUT2D eigenvalue weighted by Gasteiger charge is -2.22. The molecule has 0 saturated carbocycles. The maximum atomic E-state index is 12.2. The second-order valence-corrected chi connectivity index (χ2v) is 8.17. The minimum Gasteiger partial charge on any atom is -0.348 e. The SMILES string of the molecule is O=C(NC1CCS(=O)(=O)CC1)c1ccc2ccc(Cl)cc2n1. The zero-order valence-corrected chi connectivity index (χ0v) is 13.3. The van der Waals surface area contributed by atoms with Gasteiger partial charge in [-0.05, 0) is 31.0 Å². The molecule has 116 valence electrons. The van der Waals surface area contributed by atoms with Crippen LogP contribution in [-0.2, 0) is 9.84 Å². The molecule has 2 aromatic rings. The smallest absolute Gasteiger partial charge is 0.270 e. The third-order valence-electron chi connectivity index (χ3n) is 3.78. The van der Waals surface area contributed by atoms with Crippen molar-refractivity contribution < 1.29 is 13.2 Å². The number of hydrogen-bond donors (Lipinski definition) is 1. The van der Waals surface area contributed by atoms with Gasteiger partial charge in [-0.15, -0.1) is 0 Å². The number of aromatic nitrogens is 1. The van der Waals surface area contributed by atoms with Crippen molar-refractivity contribution in [3.8, 4) is 0 Å². The summed E-state index contributed by atoms with van der Waals surface area (Å²) in [5, 5.41) is 4.33. The molecule has 1 aliphatic heterocycles. The van der Waals surface area contributed by atoms with E-state index in [0.29, 0.717) is 29.1 Å². The van der Waals surface area contributed by atoms with Gasteiger partial charge >= 0.3 is 0 Å². The first-order valence-corrected chi connectivity index (χ1v) is 9.20. The summed E-state index contributed by atoms with van der Waals surface area (Å²) in [6.07, 6.45) is 0.904. The first kappa shape index (κ1) is 15.2. The van der Waals surface area contributed by atoms with Gasteiger partial charge in [-0.2, -0.15) is 0 Å². The van der Waals surface area contributed by atoms with Crippen LogP contribution < -0.4 is 5.32 Å². The van der Waals surface area contributed by atoms with E-state index in [1.165, 1.54) is 0 Å². The molecule has 1 aliphatic rings. The average Bonchev–Trinajstić information content (AvgIpc) is 2.48. The molecule has 1 saturated heterocycles. The van der Waals surface area contributed by atoms with Gasteiger partial charge in [0.25, 0.3) is 5.91 Å². The Morgan fingerprint density at radius 2 is 1.86 bits per heavy atom. The number of carbonyl (C=O) groups excluding carboxylic acids is 1. The molecule has 22 heavy (non-hydrogen) atoms. The predicted octanol–water partition coefficient (Wildman–Crippen LogP) is 2.20. The summed E-state index contributed by atoms with van der Waals surface area (Å²) in [6, 6.07) is 8.68. The summed E-state index contributed by atoms with van der Waals surface area (Å²) < 4.78 is 22.8. The molecular weight excluding hydrogens is 324 g/mol. The van der Waals surface area contributed by atoms with Gasteiger partial charge in [0.15, 0.2) is 0 Å². The lowest BCUT2D eigenvalue weighted by atomic mass is 10.1. The van der Waals surface area contributed by atoms with E-state index in [-0.39, 0.29) is 23.5 Å². The van der Waals surface area contributed by atoms with Gasteiger partial charge in [0.1, 0.15) is 15.5 Å². The summed E-state index contributed by atoms with van der Waals surface area (Å²) in [4.78, 5) is 16.6. The van der Waals surface area contributed by atoms with E-state index in [4.69, 9.17) is 11.6 Å². The molecule has 1 aromatic carbocycles. The Kier molecular flexibility index (Phi) is 4.06. The minimum atomic E-state index is -2.93. The van der Waals surface area contributed by atoms with Crippen LogP contribution in [0.4, 0.5) is 0 Å². The van der Waals surface area contributed by atoms with Gasteiger partial charge in [-0.25, -0.2) is 13.4 Å². The number of benzene rings is 1. The highest BCUT2D eigenvalue weighted by Gasteiger charge is 2.25. The van der Waals surface area contributed by atoms with Crippen molar-refractivity contribution in [1.29, 1.82) is 0 Å². The van der Waals surface area contributed by atoms with Gasteiger partial charge in [-0.3, -0.25) is 4.79 Å². The Balaban J connectivity index is 1.75. The second kappa shape index (κ2) is 5.85. The monoisotopic (exact) mass is 338 g/mol. The van der Waals surface area contributed by atoms with Gasteiger partial charge < -0.3 is 5.32 Å². The molecule has 0 atom stereocenters. The molecule has 1 fully saturated rings. The number of carbonyl (C=O) groups is 1. The topological polar surface area (TPSA) is 76.1 Å². The van der Waals surface area contributed by atoms with Crippen LogP contribution in [-0.4, -0.2) is 36.9 Å². The molecule has 1 aromatic heterocycles. The standard InChI is InChI=1S/C15H15ClN2O3S/c16-11-3-1-10-2-4-13(18-14(10)9-11)15(19)17-12-5-7-22(20,21)8-6-12/h1-4,9,12H,5-8H2,(H,17,19). The number of amides is 1. The molecule has 1 amide bonds. The Bertz CT molecular complexity index is 822. The summed E-state index contributed by atoms with van der Waals surface area (Å²) in [5.41, 5.74) is 0.967. The summed E-state index contributed by atoms with van der Waals surface area (Å²) >= 11 is 5.94. The molecule has 5 nitrogen and oxygen atoms in total. The summed E-state index contributed by atoms with van der Waals surface area (Å²) in [5.74, 6) is -0.0385. The number of sulfone groups is 1. The van der Waals surface area contributed by atoms with Crippen molar-refractivity contribution in [2.24, 2.45) is 0 Å². The summed E-state index contributed by atoms with van der Waals surface area (Å²) in [6.45, 7) is 0. The molecule has 3 rings (SSSR count). The molecule has 0 unspecified atom stereocenters. The molecule has 1 N–H and O–H groups in total. The first-order valence-electron chi connectivity index (χ1n) is 7.00. The van der Waals surface area contributed by atoms with Gasteiger partial charge in [-0.1, -0.05) is 23.7 Å². The summed E-state index contributed by atoms with van der Waals surface area (Å²) in [7, 11) is -2.93. The van der Waals surface area contributed by atoms with Crippen LogP contribution in [0.15, 0.2) is 30.3 Å².